The third-order valence-electron chi connectivity index (χ3n) is 4.31. The van der Waals surface area contributed by atoms with Crippen LogP contribution in [0.4, 0.5) is 5.82 Å². The summed E-state index contributed by atoms with van der Waals surface area (Å²) in [6, 6.07) is 2.82. The predicted molar refractivity (Wildman–Crippen MR) is 72.5 cm³/mol. The van der Waals surface area contributed by atoms with Gasteiger partial charge >= 0.3 is 0 Å². The first-order valence-electron chi connectivity index (χ1n) is 7.16. The van der Waals surface area contributed by atoms with E-state index < -0.39 is 0 Å². The minimum Gasteiger partial charge on any atom is -0.370 e. The molecule has 98 valence electrons. The molecule has 1 aromatic heterocycles. The van der Waals surface area contributed by atoms with E-state index in [9.17, 15) is 0 Å². The van der Waals surface area contributed by atoms with Crippen molar-refractivity contribution in [3.05, 3.63) is 18.6 Å². The molecule has 0 radical (unpaired) electrons. The monoisotopic (exact) mass is 246 g/mol. The van der Waals surface area contributed by atoms with Gasteiger partial charge in [0.1, 0.15) is 12.1 Å². The van der Waals surface area contributed by atoms with Crippen molar-refractivity contribution in [2.45, 2.75) is 38.1 Å². The Kier molecular flexibility index (Phi) is 3.74. The van der Waals surface area contributed by atoms with Crippen LogP contribution in [0.25, 0.3) is 0 Å². The third-order valence-corrected chi connectivity index (χ3v) is 4.31. The zero-order chi connectivity index (χ0) is 12.2. The number of nitrogens with one attached hydrogen (secondary N) is 1. The van der Waals surface area contributed by atoms with E-state index in [2.05, 4.69) is 20.2 Å². The highest BCUT2D eigenvalue weighted by molar-refractivity contribution is 5.31. The zero-order valence-corrected chi connectivity index (χ0v) is 10.9. The summed E-state index contributed by atoms with van der Waals surface area (Å²) in [5.74, 6) is 1.73. The van der Waals surface area contributed by atoms with Gasteiger partial charge in [0.2, 0.25) is 0 Å². The molecular formula is C14H22N4. The Morgan fingerprint density at radius 1 is 1.28 bits per heavy atom. The molecule has 1 aliphatic carbocycles. The lowest BCUT2D eigenvalue weighted by Crippen LogP contribution is -2.31. The van der Waals surface area contributed by atoms with Crippen LogP contribution >= 0.6 is 0 Å². The van der Waals surface area contributed by atoms with E-state index in [1.165, 1.54) is 45.2 Å². The minimum atomic E-state index is 0.778. The van der Waals surface area contributed by atoms with E-state index in [1.807, 2.05) is 6.07 Å². The lowest BCUT2D eigenvalue weighted by molar-refractivity contribution is 0.238. The maximum atomic E-state index is 4.20. The van der Waals surface area contributed by atoms with Crippen molar-refractivity contribution < 1.29 is 0 Å². The lowest BCUT2D eigenvalue weighted by Gasteiger charge is -2.23. The molecule has 2 heterocycles. The van der Waals surface area contributed by atoms with Crippen LogP contribution in [0.5, 0.6) is 0 Å². The fourth-order valence-electron chi connectivity index (χ4n) is 3.27. The Morgan fingerprint density at radius 2 is 2.17 bits per heavy atom. The molecule has 0 bridgehead atoms. The van der Waals surface area contributed by atoms with Crippen LogP contribution in [0.15, 0.2) is 18.6 Å². The van der Waals surface area contributed by atoms with Gasteiger partial charge in [-0.2, -0.15) is 0 Å². The average Bonchev–Trinajstić information content (AvgIpc) is 3.08. The number of aromatic nitrogens is 2. The highest BCUT2D eigenvalue weighted by Gasteiger charge is 2.29. The van der Waals surface area contributed by atoms with Gasteiger partial charge in [-0.15, -0.1) is 0 Å². The summed E-state index contributed by atoms with van der Waals surface area (Å²) in [7, 11) is 0. The molecule has 3 rings (SSSR count). The van der Waals surface area contributed by atoms with Gasteiger partial charge < -0.3 is 10.2 Å². The van der Waals surface area contributed by atoms with Crippen LogP contribution < -0.4 is 5.32 Å². The molecule has 0 aromatic carbocycles. The molecule has 2 fully saturated rings. The van der Waals surface area contributed by atoms with Crippen LogP contribution in [0.3, 0.4) is 0 Å². The summed E-state index contributed by atoms with van der Waals surface area (Å²) in [4.78, 5) is 10.8. The largest absolute Gasteiger partial charge is 0.370 e. The van der Waals surface area contributed by atoms with Crippen LogP contribution in [0, 0.1) is 5.92 Å². The van der Waals surface area contributed by atoms with Gasteiger partial charge in [-0.25, -0.2) is 9.97 Å². The summed E-state index contributed by atoms with van der Waals surface area (Å²) in [5, 5.41) is 3.42. The van der Waals surface area contributed by atoms with Gasteiger partial charge in [-0.1, -0.05) is 12.8 Å². The molecule has 1 aliphatic heterocycles. The van der Waals surface area contributed by atoms with Gasteiger partial charge in [-0.3, -0.25) is 0 Å². The molecule has 18 heavy (non-hydrogen) atoms. The topological polar surface area (TPSA) is 41.0 Å². The molecule has 4 heteroatoms. The standard InChI is InChI=1S/C14H22N4/c1-2-4-13(3-1)18-8-6-12(10-18)9-16-14-5-7-15-11-17-14/h5,7,11-13H,1-4,6,8-10H2,(H,15,16,17)/t12-/m0/s1. The highest BCUT2D eigenvalue weighted by Crippen LogP contribution is 2.28. The molecule has 0 amide bonds. The quantitative estimate of drug-likeness (QED) is 0.884. The van der Waals surface area contributed by atoms with Gasteiger partial charge in [-0.05, 0) is 37.8 Å². The van der Waals surface area contributed by atoms with Crippen LogP contribution in [-0.2, 0) is 0 Å². The van der Waals surface area contributed by atoms with E-state index >= 15 is 0 Å². The fourth-order valence-corrected chi connectivity index (χ4v) is 3.27. The summed E-state index contributed by atoms with van der Waals surface area (Å²) in [6.07, 6.45) is 10.4. The second kappa shape index (κ2) is 5.65. The summed E-state index contributed by atoms with van der Waals surface area (Å²) in [6.45, 7) is 3.60. The second-order valence-electron chi connectivity index (χ2n) is 5.56. The molecular weight excluding hydrogens is 224 g/mol. The predicted octanol–water partition coefficient (Wildman–Crippen LogP) is 2.15. The average molecular weight is 246 g/mol. The van der Waals surface area contributed by atoms with Crippen molar-refractivity contribution in [3.63, 3.8) is 0 Å². The maximum Gasteiger partial charge on any atom is 0.129 e. The van der Waals surface area contributed by atoms with Crippen LogP contribution in [-0.4, -0.2) is 40.5 Å². The molecule has 1 saturated heterocycles. The first kappa shape index (κ1) is 11.9. The number of hydrogen-bond donors (Lipinski definition) is 1. The zero-order valence-electron chi connectivity index (χ0n) is 10.9. The van der Waals surface area contributed by atoms with E-state index in [0.29, 0.717) is 0 Å². The molecule has 2 aliphatic rings. The fraction of sp³-hybridized carbons (Fsp3) is 0.714. The van der Waals surface area contributed by atoms with Crippen LogP contribution in [0.2, 0.25) is 0 Å². The van der Waals surface area contributed by atoms with E-state index in [1.54, 1.807) is 12.5 Å². The first-order valence-corrected chi connectivity index (χ1v) is 7.16. The second-order valence-corrected chi connectivity index (χ2v) is 5.56. The first-order chi connectivity index (χ1) is 8.92. The minimum absolute atomic E-state index is 0.778. The van der Waals surface area contributed by atoms with Crippen molar-refractivity contribution in [2.24, 2.45) is 5.92 Å². The van der Waals surface area contributed by atoms with Crippen molar-refractivity contribution in [3.8, 4) is 0 Å². The van der Waals surface area contributed by atoms with Crippen molar-refractivity contribution in [2.75, 3.05) is 25.0 Å². The Bertz CT molecular complexity index is 361. The number of hydrogen-bond acceptors (Lipinski definition) is 4. The Hall–Kier alpha value is -1.16. The van der Waals surface area contributed by atoms with Gasteiger partial charge in [0.15, 0.2) is 0 Å². The van der Waals surface area contributed by atoms with Gasteiger partial charge in [0.25, 0.3) is 0 Å². The molecule has 1 atom stereocenters. The highest BCUT2D eigenvalue weighted by atomic mass is 15.2. The van der Waals surface area contributed by atoms with Gasteiger partial charge in [0, 0.05) is 25.3 Å². The normalized spacial score (nSPS) is 25.7. The maximum absolute atomic E-state index is 4.20. The van der Waals surface area contributed by atoms with Crippen LogP contribution in [0.1, 0.15) is 32.1 Å². The summed E-state index contributed by atoms with van der Waals surface area (Å²) >= 11 is 0. The third kappa shape index (κ3) is 2.80. The number of rotatable bonds is 4. The van der Waals surface area contributed by atoms with E-state index in [-0.39, 0.29) is 0 Å². The molecule has 0 spiro atoms. The number of anilines is 1. The van der Waals surface area contributed by atoms with E-state index in [0.717, 1.165) is 24.3 Å². The molecule has 0 unspecified atom stereocenters. The SMILES string of the molecule is c1cc(NC[C@@H]2CCN(C3CCCC3)C2)ncn1. The Balaban J connectivity index is 1.45. The Labute approximate surface area is 109 Å². The van der Waals surface area contributed by atoms with Gasteiger partial charge in [0.05, 0.1) is 0 Å². The smallest absolute Gasteiger partial charge is 0.129 e. The molecule has 1 aromatic rings. The summed E-state index contributed by atoms with van der Waals surface area (Å²) in [5.41, 5.74) is 0. The number of nitrogens with zero attached hydrogens (tertiary/aromatic N) is 3. The van der Waals surface area contributed by atoms with Crippen molar-refractivity contribution in [1.29, 1.82) is 0 Å². The van der Waals surface area contributed by atoms with E-state index in [4.69, 9.17) is 0 Å². The molecule has 4 nitrogen and oxygen atoms in total. The number of likely N-dealkylation sites (tertiary alicyclic amines) is 1. The van der Waals surface area contributed by atoms with Crippen molar-refractivity contribution >= 4 is 5.82 Å². The van der Waals surface area contributed by atoms with Crippen molar-refractivity contribution in [1.82, 2.24) is 14.9 Å². The molecule has 1 N–H and O–H groups in total. The summed E-state index contributed by atoms with van der Waals surface area (Å²) < 4.78 is 0. The lowest BCUT2D eigenvalue weighted by atomic mass is 10.1. The Morgan fingerprint density at radius 3 is 2.94 bits per heavy atom. The molecule has 1 saturated carbocycles.